The number of hydrogen-bond donors (Lipinski definition) is 1. The predicted molar refractivity (Wildman–Crippen MR) is 117 cm³/mol. The summed E-state index contributed by atoms with van der Waals surface area (Å²) in [4.78, 5) is 0. The number of fused-ring (bicyclic) bond motifs is 1. The number of nitrogens with one attached hydrogen (secondary N) is 1. The first-order chi connectivity index (χ1) is 14.4. The van der Waals surface area contributed by atoms with Crippen LogP contribution in [0, 0.1) is 18.2 Å². The third-order valence-electron chi connectivity index (χ3n) is 5.18. The topological polar surface area (TPSA) is 39.7 Å². The van der Waals surface area contributed by atoms with Gasteiger partial charge in [0.25, 0.3) is 0 Å². The average molecular weight is 412 g/mol. The largest absolute Gasteiger partial charge is 0.485 e. The normalized spacial score (nSPS) is 19.4. The molecule has 1 aliphatic heterocycles. The Morgan fingerprint density at radius 1 is 1.20 bits per heavy atom. The van der Waals surface area contributed by atoms with Crippen molar-refractivity contribution >= 4 is 5.69 Å². The molecular weight excluding hydrogens is 381 g/mol. The molecule has 0 aromatic heterocycles. The number of benzene rings is 2. The van der Waals surface area contributed by atoms with E-state index in [2.05, 4.69) is 18.2 Å². The van der Waals surface area contributed by atoms with E-state index in [4.69, 9.17) is 20.6 Å². The van der Waals surface area contributed by atoms with Crippen molar-refractivity contribution in [2.75, 3.05) is 18.5 Å². The molecule has 2 aromatic carbocycles. The Morgan fingerprint density at radius 2 is 2.03 bits per heavy atom. The highest BCUT2D eigenvalue weighted by Crippen LogP contribution is 2.44. The van der Waals surface area contributed by atoms with E-state index in [9.17, 15) is 4.39 Å². The minimum atomic E-state index is -0.586. The van der Waals surface area contributed by atoms with Gasteiger partial charge in [0.15, 0.2) is 0 Å². The van der Waals surface area contributed by atoms with Crippen molar-refractivity contribution in [3.8, 4) is 18.1 Å². The van der Waals surface area contributed by atoms with Crippen LogP contribution in [0.15, 0.2) is 42.5 Å². The Labute approximate surface area is 178 Å². The van der Waals surface area contributed by atoms with Gasteiger partial charge < -0.3 is 19.5 Å². The summed E-state index contributed by atoms with van der Waals surface area (Å²) >= 11 is 0. The van der Waals surface area contributed by atoms with Gasteiger partial charge in [-0.15, -0.1) is 6.42 Å². The minimum absolute atomic E-state index is 0.192. The zero-order valence-electron chi connectivity index (χ0n) is 17.9. The standard InChI is InChI=1S/C25H30FNO3/c1-5-7-14-28-23-21-16-20(27-17-18-9-8-10-19(26)15-18)11-12-22(21)30-25(3,4)24(23)29-13-6-2/h2,8-12,15-16,23-24,27H,5,7,13-14,17H2,1,3-4H3. The molecule has 30 heavy (non-hydrogen) atoms. The second-order valence-electron chi connectivity index (χ2n) is 8.02. The fourth-order valence-corrected chi connectivity index (χ4v) is 3.65. The fraction of sp³-hybridized carbons (Fsp3) is 0.440. The summed E-state index contributed by atoms with van der Waals surface area (Å²) in [6.07, 6.45) is 6.81. The average Bonchev–Trinajstić information content (AvgIpc) is 2.71. The molecule has 1 heterocycles. The molecule has 0 radical (unpaired) electrons. The number of hydrogen-bond acceptors (Lipinski definition) is 4. The first-order valence-electron chi connectivity index (χ1n) is 10.4. The van der Waals surface area contributed by atoms with Gasteiger partial charge in [-0.05, 0) is 56.2 Å². The van der Waals surface area contributed by atoms with Crippen LogP contribution in [0.4, 0.5) is 10.1 Å². The van der Waals surface area contributed by atoms with E-state index in [1.165, 1.54) is 12.1 Å². The van der Waals surface area contributed by atoms with Gasteiger partial charge in [-0.25, -0.2) is 4.39 Å². The van der Waals surface area contributed by atoms with Crippen LogP contribution >= 0.6 is 0 Å². The minimum Gasteiger partial charge on any atom is -0.485 e. The third kappa shape index (κ3) is 5.33. The van der Waals surface area contributed by atoms with Crippen LogP contribution < -0.4 is 10.1 Å². The molecule has 4 nitrogen and oxygen atoms in total. The maximum absolute atomic E-state index is 13.4. The van der Waals surface area contributed by atoms with E-state index in [1.807, 2.05) is 38.1 Å². The van der Waals surface area contributed by atoms with Gasteiger partial charge in [-0.1, -0.05) is 31.4 Å². The number of anilines is 1. The molecule has 0 saturated carbocycles. The summed E-state index contributed by atoms with van der Waals surface area (Å²) < 4.78 is 32.0. The molecule has 160 valence electrons. The van der Waals surface area contributed by atoms with Crippen LogP contribution in [0.2, 0.25) is 0 Å². The number of halogens is 1. The van der Waals surface area contributed by atoms with Crippen molar-refractivity contribution in [1.82, 2.24) is 0 Å². The van der Waals surface area contributed by atoms with Crippen LogP contribution in [0.3, 0.4) is 0 Å². The first-order valence-corrected chi connectivity index (χ1v) is 10.4. The van der Waals surface area contributed by atoms with Gasteiger partial charge in [-0.3, -0.25) is 0 Å². The molecule has 0 aliphatic carbocycles. The highest BCUT2D eigenvalue weighted by atomic mass is 19.1. The second-order valence-corrected chi connectivity index (χ2v) is 8.02. The predicted octanol–water partition coefficient (Wildman–Crippen LogP) is 5.49. The molecule has 2 unspecified atom stereocenters. The van der Waals surface area contributed by atoms with E-state index in [1.54, 1.807) is 6.07 Å². The van der Waals surface area contributed by atoms with Crippen molar-refractivity contribution in [2.45, 2.75) is 58.0 Å². The molecule has 5 heteroatoms. The lowest BCUT2D eigenvalue weighted by Crippen LogP contribution is -2.51. The second kappa shape index (κ2) is 9.97. The van der Waals surface area contributed by atoms with Crippen molar-refractivity contribution in [3.63, 3.8) is 0 Å². The molecule has 0 fully saturated rings. The summed E-state index contributed by atoms with van der Waals surface area (Å²) in [6, 6.07) is 12.5. The summed E-state index contributed by atoms with van der Waals surface area (Å²) in [6.45, 7) is 7.45. The van der Waals surface area contributed by atoms with Crippen LogP contribution in [0.5, 0.6) is 5.75 Å². The fourth-order valence-electron chi connectivity index (χ4n) is 3.65. The van der Waals surface area contributed by atoms with Crippen molar-refractivity contribution in [2.24, 2.45) is 0 Å². The van der Waals surface area contributed by atoms with Gasteiger partial charge >= 0.3 is 0 Å². The van der Waals surface area contributed by atoms with Gasteiger partial charge in [0, 0.05) is 24.4 Å². The van der Waals surface area contributed by atoms with E-state index >= 15 is 0 Å². The molecule has 0 bridgehead atoms. The third-order valence-corrected chi connectivity index (χ3v) is 5.18. The number of rotatable bonds is 9. The van der Waals surface area contributed by atoms with Crippen LogP contribution in [0.1, 0.15) is 50.8 Å². The molecule has 1 N–H and O–H groups in total. The van der Waals surface area contributed by atoms with Crippen LogP contribution in [0.25, 0.3) is 0 Å². The number of terminal acetylenes is 1. The van der Waals surface area contributed by atoms with Crippen molar-refractivity contribution in [1.29, 1.82) is 0 Å². The lowest BCUT2D eigenvalue weighted by atomic mass is 9.87. The molecule has 0 amide bonds. The number of unbranched alkanes of at least 4 members (excludes halogenated alkanes) is 1. The maximum atomic E-state index is 13.4. The van der Waals surface area contributed by atoms with Crippen molar-refractivity contribution < 1.29 is 18.6 Å². The van der Waals surface area contributed by atoms with Gasteiger partial charge in [0.2, 0.25) is 0 Å². The molecule has 2 atom stereocenters. The summed E-state index contributed by atoms with van der Waals surface area (Å²) in [5.74, 6) is 3.08. The van der Waals surface area contributed by atoms with Gasteiger partial charge in [0.05, 0.1) is 0 Å². The zero-order chi connectivity index (χ0) is 21.6. The summed E-state index contributed by atoms with van der Waals surface area (Å²) in [5, 5.41) is 3.35. The molecular formula is C25H30FNO3. The van der Waals surface area contributed by atoms with Crippen LogP contribution in [-0.2, 0) is 16.0 Å². The smallest absolute Gasteiger partial charge is 0.132 e. The molecule has 0 spiro atoms. The highest BCUT2D eigenvalue weighted by molar-refractivity contribution is 5.53. The molecule has 2 aromatic rings. The Bertz CT molecular complexity index is 890. The molecule has 3 rings (SSSR count). The van der Waals surface area contributed by atoms with E-state index < -0.39 is 5.60 Å². The maximum Gasteiger partial charge on any atom is 0.132 e. The Balaban J connectivity index is 1.85. The zero-order valence-corrected chi connectivity index (χ0v) is 17.9. The quantitative estimate of drug-likeness (QED) is 0.438. The highest BCUT2D eigenvalue weighted by Gasteiger charge is 2.45. The molecule has 0 saturated heterocycles. The van der Waals surface area contributed by atoms with E-state index in [0.717, 1.165) is 35.4 Å². The summed E-state index contributed by atoms with van der Waals surface area (Å²) in [5.41, 5.74) is 2.12. The van der Waals surface area contributed by atoms with Gasteiger partial charge in [-0.2, -0.15) is 0 Å². The van der Waals surface area contributed by atoms with Gasteiger partial charge in [0.1, 0.15) is 36.0 Å². The van der Waals surface area contributed by atoms with E-state index in [0.29, 0.717) is 13.2 Å². The number of ether oxygens (including phenoxy) is 3. The Kier molecular flexibility index (Phi) is 7.36. The Hall–Kier alpha value is -2.55. The Morgan fingerprint density at radius 3 is 2.77 bits per heavy atom. The summed E-state index contributed by atoms with van der Waals surface area (Å²) in [7, 11) is 0. The SMILES string of the molecule is C#CCOC1C(OCCCC)c2cc(NCc3cccc(F)c3)ccc2OC1(C)C. The molecule has 1 aliphatic rings. The monoisotopic (exact) mass is 411 g/mol. The van der Waals surface area contributed by atoms with Crippen molar-refractivity contribution in [3.05, 3.63) is 59.4 Å². The lowest BCUT2D eigenvalue weighted by molar-refractivity contribution is -0.156. The van der Waals surface area contributed by atoms with Crippen LogP contribution in [-0.4, -0.2) is 24.9 Å². The first kappa shape index (κ1) is 22.1. The lowest BCUT2D eigenvalue weighted by Gasteiger charge is -2.44. The van der Waals surface area contributed by atoms with E-state index in [-0.39, 0.29) is 24.6 Å².